The normalized spacial score (nSPS) is 22.3. The van der Waals surface area contributed by atoms with E-state index in [-0.39, 0.29) is 28.6 Å². The molecule has 5 rings (SSSR count). The minimum Gasteiger partial charge on any atom is -0.301 e. The summed E-state index contributed by atoms with van der Waals surface area (Å²) in [4.78, 5) is 28.9. The van der Waals surface area contributed by atoms with E-state index in [0.717, 1.165) is 22.7 Å². The van der Waals surface area contributed by atoms with Crippen LogP contribution in [0.2, 0.25) is 5.02 Å². The molecule has 2 aromatic carbocycles. The highest BCUT2D eigenvalue weighted by atomic mass is 35.5. The molecule has 38 heavy (non-hydrogen) atoms. The van der Waals surface area contributed by atoms with E-state index in [1.54, 1.807) is 24.3 Å². The molecule has 2 fully saturated rings. The summed E-state index contributed by atoms with van der Waals surface area (Å²) in [5.74, 6) is -0.518. The van der Waals surface area contributed by atoms with Gasteiger partial charge >= 0.3 is 6.18 Å². The summed E-state index contributed by atoms with van der Waals surface area (Å²) in [6, 6.07) is 7.96. The first-order valence-electron chi connectivity index (χ1n) is 12.0. The average Bonchev–Trinajstić information content (AvgIpc) is 3.38. The molecule has 0 spiro atoms. The summed E-state index contributed by atoms with van der Waals surface area (Å²) in [7, 11) is 0. The Hall–Kier alpha value is -2.89. The van der Waals surface area contributed by atoms with Crippen molar-refractivity contribution >= 4 is 51.5 Å². The molecule has 0 aliphatic carbocycles. The van der Waals surface area contributed by atoms with E-state index in [0.29, 0.717) is 36.0 Å². The maximum Gasteiger partial charge on any atom is 0.416 e. The molecule has 2 atom stereocenters. The Labute approximate surface area is 225 Å². The number of fused-ring (bicyclic) bond motifs is 1. The Morgan fingerprint density at radius 3 is 2.68 bits per heavy atom. The van der Waals surface area contributed by atoms with Crippen molar-refractivity contribution in [3.8, 4) is 0 Å². The van der Waals surface area contributed by atoms with Crippen LogP contribution in [0.25, 0.3) is 17.0 Å². The number of hydrogen-bond acceptors (Lipinski definition) is 5. The lowest BCUT2D eigenvalue weighted by Gasteiger charge is -2.37. The van der Waals surface area contributed by atoms with Crippen LogP contribution in [0.15, 0.2) is 47.5 Å². The second-order valence-electron chi connectivity index (χ2n) is 9.24. The van der Waals surface area contributed by atoms with Crippen molar-refractivity contribution in [2.24, 2.45) is 0 Å². The number of aromatic nitrogens is 2. The van der Waals surface area contributed by atoms with Crippen molar-refractivity contribution in [3.63, 3.8) is 0 Å². The number of piperidine rings is 1. The maximum atomic E-state index is 14.8. The monoisotopic (exact) mass is 566 g/mol. The van der Waals surface area contributed by atoms with Crippen LogP contribution in [0.3, 0.4) is 0 Å². The van der Waals surface area contributed by atoms with Gasteiger partial charge in [-0.3, -0.25) is 19.2 Å². The lowest BCUT2D eigenvalue weighted by atomic mass is 10.0. The number of alkyl halides is 4. The summed E-state index contributed by atoms with van der Waals surface area (Å²) >= 11 is 6.56. The average molecular weight is 567 g/mol. The van der Waals surface area contributed by atoms with Gasteiger partial charge in [0.25, 0.3) is 11.1 Å². The first-order valence-corrected chi connectivity index (χ1v) is 13.2. The molecule has 2 aliphatic heterocycles. The molecular formula is C26H23ClF4N4O2S. The molecule has 3 aromatic rings. The summed E-state index contributed by atoms with van der Waals surface area (Å²) in [5.41, 5.74) is 0.418. The molecule has 0 bridgehead atoms. The Morgan fingerprint density at radius 1 is 1.18 bits per heavy atom. The quantitative estimate of drug-likeness (QED) is 0.271. The zero-order chi connectivity index (χ0) is 27.2. The van der Waals surface area contributed by atoms with Gasteiger partial charge in [0.15, 0.2) is 0 Å². The third kappa shape index (κ3) is 5.19. The lowest BCUT2D eigenvalue weighted by Crippen LogP contribution is -2.53. The van der Waals surface area contributed by atoms with Crippen molar-refractivity contribution in [2.45, 2.75) is 38.3 Å². The second kappa shape index (κ2) is 10.3. The second-order valence-corrected chi connectivity index (χ2v) is 10.7. The van der Waals surface area contributed by atoms with Gasteiger partial charge in [0.05, 0.1) is 34.8 Å². The van der Waals surface area contributed by atoms with Crippen LogP contribution in [-0.2, 0) is 17.5 Å². The van der Waals surface area contributed by atoms with Crippen LogP contribution in [-0.4, -0.2) is 62.6 Å². The number of imide groups is 1. The van der Waals surface area contributed by atoms with E-state index < -0.39 is 35.1 Å². The molecule has 1 aromatic heterocycles. The highest BCUT2D eigenvalue weighted by Gasteiger charge is 2.44. The number of benzene rings is 2. The first-order chi connectivity index (χ1) is 18.0. The number of rotatable bonds is 5. The third-order valence-corrected chi connectivity index (χ3v) is 7.97. The van der Waals surface area contributed by atoms with Crippen molar-refractivity contribution in [1.29, 1.82) is 0 Å². The van der Waals surface area contributed by atoms with E-state index in [1.165, 1.54) is 23.0 Å². The van der Waals surface area contributed by atoms with Crippen molar-refractivity contribution in [2.75, 3.05) is 19.6 Å². The first kappa shape index (κ1) is 26.7. The van der Waals surface area contributed by atoms with Gasteiger partial charge in [-0.15, -0.1) is 0 Å². The number of carbonyl (C=O) groups excluding carboxylic acids is 2. The minimum absolute atomic E-state index is 0.00564. The van der Waals surface area contributed by atoms with Gasteiger partial charge in [0.2, 0.25) is 0 Å². The highest BCUT2D eigenvalue weighted by molar-refractivity contribution is 8.18. The topological polar surface area (TPSA) is 58.4 Å². The maximum absolute atomic E-state index is 14.8. The fraction of sp³-hybridized carbons (Fsp3) is 0.346. The van der Waals surface area contributed by atoms with E-state index in [1.807, 2.05) is 11.8 Å². The van der Waals surface area contributed by atoms with Gasteiger partial charge in [0.1, 0.15) is 6.17 Å². The van der Waals surface area contributed by atoms with Crippen LogP contribution in [0.4, 0.5) is 22.4 Å². The molecule has 0 radical (unpaired) electrons. The number of nitrogens with zero attached hydrogens (tertiary/aromatic N) is 4. The summed E-state index contributed by atoms with van der Waals surface area (Å²) < 4.78 is 56.8. The minimum atomic E-state index is -4.56. The highest BCUT2D eigenvalue weighted by Crippen LogP contribution is 2.37. The van der Waals surface area contributed by atoms with Crippen LogP contribution in [0.1, 0.15) is 30.0 Å². The van der Waals surface area contributed by atoms with Gasteiger partial charge in [0, 0.05) is 23.5 Å². The fourth-order valence-electron chi connectivity index (χ4n) is 4.88. The Kier molecular flexibility index (Phi) is 7.27. The van der Waals surface area contributed by atoms with Crippen LogP contribution >= 0.6 is 23.4 Å². The Bertz CT molecular complexity index is 1440. The number of carbonyl (C=O) groups is 2. The van der Waals surface area contributed by atoms with Gasteiger partial charge < -0.3 is 4.90 Å². The van der Waals surface area contributed by atoms with Crippen LogP contribution in [0, 0.1) is 0 Å². The molecule has 6 nitrogen and oxygen atoms in total. The zero-order valence-corrected chi connectivity index (χ0v) is 21.8. The smallest absolute Gasteiger partial charge is 0.301 e. The van der Waals surface area contributed by atoms with Crippen molar-refractivity contribution in [1.82, 2.24) is 19.6 Å². The third-order valence-electron chi connectivity index (χ3n) is 6.85. The van der Waals surface area contributed by atoms with E-state index >= 15 is 0 Å². The summed E-state index contributed by atoms with van der Waals surface area (Å²) in [5, 5.41) is 4.40. The van der Waals surface area contributed by atoms with E-state index in [9.17, 15) is 27.2 Å². The molecule has 2 saturated heterocycles. The number of thioether (sulfide) groups is 1. The van der Waals surface area contributed by atoms with E-state index in [4.69, 9.17) is 11.6 Å². The van der Waals surface area contributed by atoms with Gasteiger partial charge in [-0.05, 0) is 66.2 Å². The predicted octanol–water partition coefficient (Wildman–Crippen LogP) is 6.23. The largest absolute Gasteiger partial charge is 0.416 e. The molecule has 2 amide bonds. The molecule has 0 N–H and O–H groups in total. The molecule has 0 unspecified atom stereocenters. The number of halogens is 5. The van der Waals surface area contributed by atoms with Crippen LogP contribution < -0.4 is 0 Å². The molecule has 0 saturated carbocycles. The standard InChI is InChI=1S/C26H23ClF4N4O2S/c1-2-33-8-7-22(20(28)14-33)35-24(36)23(38-25(35)37)10-15-3-6-21-17(9-15)12-32-34(21)13-16-4-5-18(27)11-19(16)26(29,30)31/h3-6,9-12,20,22H,2,7-8,13-14H2,1H3/t20-,22+/m0/s1. The van der Waals surface area contributed by atoms with Crippen molar-refractivity contribution < 1.29 is 27.2 Å². The number of hydrogen-bond donors (Lipinski definition) is 0. The zero-order valence-electron chi connectivity index (χ0n) is 20.2. The van der Waals surface area contributed by atoms with Crippen LogP contribution in [0.5, 0.6) is 0 Å². The molecule has 200 valence electrons. The summed E-state index contributed by atoms with van der Waals surface area (Å²) in [6.45, 7) is 3.33. The van der Waals surface area contributed by atoms with Gasteiger partial charge in [-0.2, -0.15) is 18.3 Å². The molecule has 3 heterocycles. The summed E-state index contributed by atoms with van der Waals surface area (Å²) in [6.07, 6.45) is -2.39. The molecular weight excluding hydrogens is 544 g/mol. The number of likely N-dealkylation sites (tertiary alicyclic amines) is 1. The molecule has 12 heteroatoms. The van der Waals surface area contributed by atoms with E-state index in [2.05, 4.69) is 5.10 Å². The lowest BCUT2D eigenvalue weighted by molar-refractivity contribution is -0.138. The number of amides is 2. The van der Waals surface area contributed by atoms with Gasteiger partial charge in [-0.1, -0.05) is 30.7 Å². The van der Waals surface area contributed by atoms with Crippen molar-refractivity contribution in [3.05, 3.63) is 69.2 Å². The van der Waals surface area contributed by atoms with Gasteiger partial charge in [-0.25, -0.2) is 4.39 Å². The Balaban J connectivity index is 1.37. The molecule has 2 aliphatic rings. The predicted molar refractivity (Wildman–Crippen MR) is 139 cm³/mol. The SMILES string of the molecule is CCN1CC[C@@H](N2C(=O)SC(=Cc3ccc4c(cnn4Cc4ccc(Cl)cc4C(F)(F)F)c3)C2=O)[C@@H](F)C1. The fourth-order valence-corrected chi connectivity index (χ4v) is 5.94. The Morgan fingerprint density at radius 2 is 1.97 bits per heavy atom.